The van der Waals surface area contributed by atoms with Crippen LogP contribution in [0.4, 0.5) is 13.2 Å². The largest absolute Gasteiger partial charge is 0.451 e. The molecule has 5 heteroatoms. The standard InChI is InChI=1S/C9H11F3N2/c1-2-3-4-7-5-6-13-8(14-7)9(10,11)12/h5-6H,2-4H2,1H3. The van der Waals surface area contributed by atoms with Crippen LogP contribution in [0.3, 0.4) is 0 Å². The van der Waals surface area contributed by atoms with Gasteiger partial charge in [0.1, 0.15) is 0 Å². The van der Waals surface area contributed by atoms with E-state index in [1.807, 2.05) is 6.92 Å². The quantitative estimate of drug-likeness (QED) is 0.756. The summed E-state index contributed by atoms with van der Waals surface area (Å²) in [5.41, 5.74) is 0.453. The van der Waals surface area contributed by atoms with Crippen LogP contribution >= 0.6 is 0 Å². The number of alkyl halides is 3. The molecule has 0 aliphatic carbocycles. The molecule has 2 nitrogen and oxygen atoms in total. The maximum absolute atomic E-state index is 12.2. The van der Waals surface area contributed by atoms with Gasteiger partial charge in [-0.25, -0.2) is 9.97 Å². The van der Waals surface area contributed by atoms with Crippen LogP contribution in [0.15, 0.2) is 12.3 Å². The van der Waals surface area contributed by atoms with Crippen molar-refractivity contribution in [2.75, 3.05) is 0 Å². The fourth-order valence-electron chi connectivity index (χ4n) is 1.03. The first kappa shape index (κ1) is 10.9. The molecule has 0 amide bonds. The van der Waals surface area contributed by atoms with Gasteiger partial charge in [-0.1, -0.05) is 13.3 Å². The number of aryl methyl sites for hydroxylation is 1. The molecular formula is C9H11F3N2. The first-order valence-electron chi connectivity index (χ1n) is 4.43. The molecule has 1 aromatic heterocycles. The first-order valence-corrected chi connectivity index (χ1v) is 4.43. The predicted molar refractivity (Wildman–Crippen MR) is 45.6 cm³/mol. The Morgan fingerprint density at radius 3 is 2.64 bits per heavy atom. The molecule has 0 spiro atoms. The lowest BCUT2D eigenvalue weighted by Gasteiger charge is -2.05. The van der Waals surface area contributed by atoms with Crippen LogP contribution in [-0.4, -0.2) is 9.97 Å². The van der Waals surface area contributed by atoms with Crippen molar-refractivity contribution in [2.45, 2.75) is 32.4 Å². The highest BCUT2D eigenvalue weighted by Gasteiger charge is 2.34. The zero-order valence-corrected chi connectivity index (χ0v) is 7.80. The fraction of sp³-hybridized carbons (Fsp3) is 0.556. The van der Waals surface area contributed by atoms with E-state index in [0.29, 0.717) is 12.1 Å². The zero-order chi connectivity index (χ0) is 10.6. The van der Waals surface area contributed by atoms with Crippen LogP contribution in [0.25, 0.3) is 0 Å². The average Bonchev–Trinajstić information content (AvgIpc) is 2.14. The van der Waals surface area contributed by atoms with Crippen molar-refractivity contribution in [3.63, 3.8) is 0 Å². The molecule has 14 heavy (non-hydrogen) atoms. The Morgan fingerprint density at radius 2 is 2.07 bits per heavy atom. The minimum Gasteiger partial charge on any atom is -0.233 e. The second-order valence-corrected chi connectivity index (χ2v) is 2.97. The Hall–Kier alpha value is -1.13. The summed E-state index contributed by atoms with van der Waals surface area (Å²) in [4.78, 5) is 6.63. The van der Waals surface area contributed by atoms with Gasteiger partial charge in [0, 0.05) is 11.9 Å². The van der Waals surface area contributed by atoms with E-state index < -0.39 is 12.0 Å². The number of rotatable bonds is 3. The fourth-order valence-corrected chi connectivity index (χ4v) is 1.03. The van der Waals surface area contributed by atoms with Crippen LogP contribution in [0.1, 0.15) is 31.3 Å². The van der Waals surface area contributed by atoms with Crippen molar-refractivity contribution in [3.05, 3.63) is 23.8 Å². The molecule has 0 aromatic carbocycles. The first-order chi connectivity index (χ1) is 6.54. The molecule has 0 unspecified atom stereocenters. The maximum Gasteiger partial charge on any atom is 0.451 e. The lowest BCUT2D eigenvalue weighted by atomic mass is 10.2. The highest BCUT2D eigenvalue weighted by atomic mass is 19.4. The Labute approximate surface area is 80.2 Å². The van der Waals surface area contributed by atoms with Gasteiger partial charge in [-0.3, -0.25) is 0 Å². The van der Waals surface area contributed by atoms with E-state index in [0.717, 1.165) is 19.0 Å². The predicted octanol–water partition coefficient (Wildman–Crippen LogP) is 2.84. The molecule has 0 bridgehead atoms. The second-order valence-electron chi connectivity index (χ2n) is 2.97. The van der Waals surface area contributed by atoms with Crippen LogP contribution in [0, 0.1) is 0 Å². The molecule has 0 radical (unpaired) electrons. The van der Waals surface area contributed by atoms with E-state index >= 15 is 0 Å². The molecule has 0 fully saturated rings. The Morgan fingerprint density at radius 1 is 1.36 bits per heavy atom. The van der Waals surface area contributed by atoms with Gasteiger partial charge in [0.2, 0.25) is 5.82 Å². The van der Waals surface area contributed by atoms with E-state index in [1.165, 1.54) is 6.07 Å². The summed E-state index contributed by atoms with van der Waals surface area (Å²) in [6, 6.07) is 1.52. The molecule has 0 atom stereocenters. The van der Waals surface area contributed by atoms with Crippen LogP contribution < -0.4 is 0 Å². The van der Waals surface area contributed by atoms with Gasteiger partial charge < -0.3 is 0 Å². The van der Waals surface area contributed by atoms with Gasteiger partial charge in [0.05, 0.1) is 0 Å². The number of nitrogens with zero attached hydrogens (tertiary/aromatic N) is 2. The highest BCUT2D eigenvalue weighted by Crippen LogP contribution is 2.25. The monoisotopic (exact) mass is 204 g/mol. The minimum atomic E-state index is -4.44. The van der Waals surface area contributed by atoms with Crippen LogP contribution in [0.2, 0.25) is 0 Å². The average molecular weight is 204 g/mol. The van der Waals surface area contributed by atoms with Crippen molar-refractivity contribution in [1.29, 1.82) is 0 Å². The van der Waals surface area contributed by atoms with E-state index in [9.17, 15) is 13.2 Å². The third-order valence-electron chi connectivity index (χ3n) is 1.75. The molecular weight excluding hydrogens is 193 g/mol. The Balaban J connectivity index is 2.79. The van der Waals surface area contributed by atoms with Crippen molar-refractivity contribution < 1.29 is 13.2 Å². The number of unbranched alkanes of at least 4 members (excludes halogenated alkanes) is 1. The lowest BCUT2D eigenvalue weighted by molar-refractivity contribution is -0.145. The summed E-state index contributed by atoms with van der Waals surface area (Å²) < 4.78 is 36.5. The molecule has 0 saturated heterocycles. The SMILES string of the molecule is CCCCc1ccnc(C(F)(F)F)n1. The molecule has 0 saturated carbocycles. The van der Waals surface area contributed by atoms with E-state index in [2.05, 4.69) is 9.97 Å². The van der Waals surface area contributed by atoms with Gasteiger partial charge in [0.25, 0.3) is 0 Å². The number of hydrogen-bond acceptors (Lipinski definition) is 2. The molecule has 78 valence electrons. The normalized spacial score (nSPS) is 11.7. The van der Waals surface area contributed by atoms with Gasteiger partial charge in [-0.05, 0) is 18.9 Å². The van der Waals surface area contributed by atoms with Crippen molar-refractivity contribution in [2.24, 2.45) is 0 Å². The molecule has 1 heterocycles. The van der Waals surface area contributed by atoms with Crippen molar-refractivity contribution in [3.8, 4) is 0 Å². The lowest BCUT2D eigenvalue weighted by Crippen LogP contribution is -2.11. The summed E-state index contributed by atoms with van der Waals surface area (Å²) in [7, 11) is 0. The molecule has 0 aliphatic rings. The molecule has 0 N–H and O–H groups in total. The molecule has 1 rings (SSSR count). The van der Waals surface area contributed by atoms with E-state index in [1.54, 1.807) is 0 Å². The summed E-state index contributed by atoms with van der Waals surface area (Å²) in [6.07, 6.45) is -0.940. The van der Waals surface area contributed by atoms with Gasteiger partial charge >= 0.3 is 6.18 Å². The summed E-state index contributed by atoms with van der Waals surface area (Å²) in [5, 5.41) is 0. The summed E-state index contributed by atoms with van der Waals surface area (Å²) >= 11 is 0. The number of aromatic nitrogens is 2. The smallest absolute Gasteiger partial charge is 0.233 e. The second kappa shape index (κ2) is 4.39. The number of halogens is 3. The van der Waals surface area contributed by atoms with E-state index in [4.69, 9.17) is 0 Å². The van der Waals surface area contributed by atoms with Crippen molar-refractivity contribution >= 4 is 0 Å². The van der Waals surface area contributed by atoms with Gasteiger partial charge in [-0.2, -0.15) is 13.2 Å². The molecule has 0 aliphatic heterocycles. The van der Waals surface area contributed by atoms with E-state index in [-0.39, 0.29) is 0 Å². The zero-order valence-electron chi connectivity index (χ0n) is 7.80. The maximum atomic E-state index is 12.2. The Bertz CT molecular complexity index is 296. The minimum absolute atomic E-state index is 0.453. The Kier molecular flexibility index (Phi) is 3.43. The summed E-state index contributed by atoms with van der Waals surface area (Å²) in [5.74, 6) is -1.05. The van der Waals surface area contributed by atoms with Crippen LogP contribution in [-0.2, 0) is 12.6 Å². The molecule has 1 aromatic rings. The van der Waals surface area contributed by atoms with Gasteiger partial charge in [0.15, 0.2) is 0 Å². The van der Waals surface area contributed by atoms with Crippen molar-refractivity contribution in [1.82, 2.24) is 9.97 Å². The topological polar surface area (TPSA) is 25.8 Å². The summed E-state index contributed by atoms with van der Waals surface area (Å²) in [6.45, 7) is 1.98. The van der Waals surface area contributed by atoms with Crippen LogP contribution in [0.5, 0.6) is 0 Å². The highest BCUT2D eigenvalue weighted by molar-refractivity contribution is 5.04. The number of hydrogen-bond donors (Lipinski definition) is 0. The third-order valence-corrected chi connectivity index (χ3v) is 1.75. The third kappa shape index (κ3) is 2.97. The van der Waals surface area contributed by atoms with Gasteiger partial charge in [-0.15, -0.1) is 0 Å².